The number of rotatable bonds is 14. The Balaban J connectivity index is 1.72. The smallest absolute Gasteiger partial charge is 0.433 e. The Morgan fingerprint density at radius 2 is 1.54 bits per heavy atom. The highest BCUT2D eigenvalue weighted by Gasteiger charge is 2.68. The van der Waals surface area contributed by atoms with Gasteiger partial charge in [0.1, 0.15) is 0 Å². The normalized spacial score (nSPS) is 22.1. The highest BCUT2D eigenvalue weighted by molar-refractivity contribution is 6.73. The first-order chi connectivity index (χ1) is 23.3. The Bertz CT molecular complexity index is 1490. The van der Waals surface area contributed by atoms with E-state index in [-0.39, 0.29) is 60.7 Å². The second kappa shape index (κ2) is 15.3. The van der Waals surface area contributed by atoms with E-state index in [2.05, 4.69) is 15.4 Å². The van der Waals surface area contributed by atoms with Crippen molar-refractivity contribution in [1.29, 1.82) is 0 Å². The standard InChI is InChI=1S/C33H44Cl2F6N4O4Si/c1-6-48-29(47)30(5)12-10-20(11-13-30)45-27(32(36,37)38)21(17-43-45)28(46)44-25(31(14-15-31)33(39,40)41)16-24(49-50(7-2,8-3)9-4)26-22(34)18-42-19-23(26)35/h17-20,24-25H,6-16H2,1-5H3,(H,44,46). The molecule has 0 aliphatic heterocycles. The van der Waals surface area contributed by atoms with Gasteiger partial charge in [0.05, 0.1) is 51.4 Å². The van der Waals surface area contributed by atoms with Crippen molar-refractivity contribution >= 4 is 43.4 Å². The molecular weight excluding hydrogens is 729 g/mol. The first-order valence-electron chi connectivity index (χ1n) is 17.0. The number of pyridine rings is 1. The lowest BCUT2D eigenvalue weighted by Crippen LogP contribution is -2.49. The van der Waals surface area contributed by atoms with Gasteiger partial charge in [-0.25, -0.2) is 0 Å². The summed E-state index contributed by atoms with van der Waals surface area (Å²) in [4.78, 5) is 30.2. The number of esters is 1. The van der Waals surface area contributed by atoms with E-state index in [4.69, 9.17) is 32.4 Å². The molecule has 1 amide bonds. The minimum Gasteiger partial charge on any atom is -0.466 e. The number of aromatic nitrogens is 3. The summed E-state index contributed by atoms with van der Waals surface area (Å²) >= 11 is 13.0. The number of carbonyl (C=O) groups excluding carboxylic acids is 2. The van der Waals surface area contributed by atoms with Crippen LogP contribution in [0.1, 0.15) is 113 Å². The molecule has 1 N–H and O–H groups in total. The van der Waals surface area contributed by atoms with E-state index in [1.807, 2.05) is 20.8 Å². The van der Waals surface area contributed by atoms with Gasteiger partial charge in [-0.1, -0.05) is 44.0 Å². The van der Waals surface area contributed by atoms with Crippen LogP contribution in [0, 0.1) is 10.8 Å². The summed E-state index contributed by atoms with van der Waals surface area (Å²) in [7, 11) is -2.56. The SMILES string of the molecule is CCOC(=O)C1(C)CCC(n2ncc(C(=O)NC(CC(O[Si](CC)(CC)CC)c3c(Cl)cncc3Cl)C3(C(F)(F)F)CC3)c2C(F)(F)F)CC1. The second-order valence-corrected chi connectivity index (χ2v) is 19.2. The van der Waals surface area contributed by atoms with Crippen molar-refractivity contribution in [2.24, 2.45) is 10.8 Å². The van der Waals surface area contributed by atoms with Gasteiger partial charge in [-0.15, -0.1) is 0 Å². The Morgan fingerprint density at radius 3 is 2.00 bits per heavy atom. The summed E-state index contributed by atoms with van der Waals surface area (Å²) in [5, 5.41) is 6.41. The van der Waals surface area contributed by atoms with Gasteiger partial charge < -0.3 is 14.5 Å². The van der Waals surface area contributed by atoms with Crippen LogP contribution in [0.3, 0.4) is 0 Å². The van der Waals surface area contributed by atoms with Crippen LogP contribution < -0.4 is 5.32 Å². The molecule has 0 bridgehead atoms. The largest absolute Gasteiger partial charge is 0.466 e. The van der Waals surface area contributed by atoms with Gasteiger partial charge in [0.15, 0.2) is 14.0 Å². The van der Waals surface area contributed by atoms with E-state index < -0.39 is 79.2 Å². The number of hydrogen-bond acceptors (Lipinski definition) is 6. The van der Waals surface area contributed by atoms with Crippen LogP contribution in [0.5, 0.6) is 0 Å². The molecule has 4 rings (SSSR count). The molecule has 2 aromatic rings. The fraction of sp³-hybridized carbons (Fsp3) is 0.697. The maximum atomic E-state index is 14.8. The van der Waals surface area contributed by atoms with E-state index in [1.165, 1.54) is 12.4 Å². The third-order valence-electron chi connectivity index (χ3n) is 10.8. The van der Waals surface area contributed by atoms with Gasteiger partial charge in [-0.2, -0.15) is 31.4 Å². The molecular formula is C33H44Cl2F6N4O4Si. The Kier molecular flexibility index (Phi) is 12.4. The predicted octanol–water partition coefficient (Wildman–Crippen LogP) is 9.88. The van der Waals surface area contributed by atoms with Gasteiger partial charge in [0, 0.05) is 24.0 Å². The van der Waals surface area contributed by atoms with E-state index >= 15 is 0 Å². The van der Waals surface area contributed by atoms with Crippen LogP contribution in [0.2, 0.25) is 28.2 Å². The van der Waals surface area contributed by atoms with E-state index in [0.29, 0.717) is 18.1 Å². The molecule has 2 heterocycles. The van der Waals surface area contributed by atoms with Crippen molar-refractivity contribution in [3.8, 4) is 0 Å². The van der Waals surface area contributed by atoms with Crippen molar-refractivity contribution in [3.63, 3.8) is 0 Å². The van der Waals surface area contributed by atoms with Crippen LogP contribution >= 0.6 is 23.2 Å². The highest BCUT2D eigenvalue weighted by Crippen LogP contribution is 2.61. The zero-order valence-corrected chi connectivity index (χ0v) is 31.3. The molecule has 50 heavy (non-hydrogen) atoms. The first-order valence-corrected chi connectivity index (χ1v) is 20.3. The molecule has 0 saturated heterocycles. The number of amides is 1. The predicted molar refractivity (Wildman–Crippen MR) is 178 cm³/mol. The summed E-state index contributed by atoms with van der Waals surface area (Å²) in [6.45, 7) is 9.32. The second-order valence-electron chi connectivity index (χ2n) is 13.6. The van der Waals surface area contributed by atoms with Crippen LogP contribution in [0.25, 0.3) is 0 Å². The number of alkyl halides is 6. The highest BCUT2D eigenvalue weighted by atomic mass is 35.5. The Labute approximate surface area is 299 Å². The number of carbonyl (C=O) groups is 2. The lowest BCUT2D eigenvalue weighted by molar-refractivity contribution is -0.196. The summed E-state index contributed by atoms with van der Waals surface area (Å²) < 4.78 is 101. The number of nitrogens with one attached hydrogen (secondary N) is 1. The van der Waals surface area contributed by atoms with Gasteiger partial charge in [0.2, 0.25) is 0 Å². The molecule has 2 fully saturated rings. The van der Waals surface area contributed by atoms with Crippen LogP contribution in [-0.2, 0) is 20.1 Å². The summed E-state index contributed by atoms with van der Waals surface area (Å²) in [5.41, 5.74) is -5.33. The first kappa shape index (κ1) is 40.4. The fourth-order valence-corrected chi connectivity index (χ4v) is 10.6. The summed E-state index contributed by atoms with van der Waals surface area (Å²) in [6.07, 6.45) is -8.03. The minimum absolute atomic E-state index is 0.0582. The summed E-state index contributed by atoms with van der Waals surface area (Å²) in [6, 6.07) is -0.603. The van der Waals surface area contributed by atoms with E-state index in [9.17, 15) is 35.9 Å². The molecule has 0 aromatic carbocycles. The van der Waals surface area contributed by atoms with Crippen molar-refractivity contribution in [2.75, 3.05) is 6.61 Å². The quantitative estimate of drug-likeness (QED) is 0.117. The molecule has 2 unspecified atom stereocenters. The van der Waals surface area contributed by atoms with Crippen molar-refractivity contribution < 1.29 is 45.1 Å². The molecule has 8 nitrogen and oxygen atoms in total. The van der Waals surface area contributed by atoms with Gasteiger partial charge >= 0.3 is 18.3 Å². The molecule has 2 saturated carbocycles. The van der Waals surface area contributed by atoms with Gasteiger partial charge in [-0.05, 0) is 76.9 Å². The van der Waals surface area contributed by atoms with Gasteiger partial charge in [0.25, 0.3) is 5.91 Å². The van der Waals surface area contributed by atoms with Crippen LogP contribution in [-0.4, -0.2) is 53.8 Å². The molecule has 2 aliphatic rings. The van der Waals surface area contributed by atoms with E-state index in [1.54, 1.807) is 13.8 Å². The van der Waals surface area contributed by atoms with Crippen molar-refractivity contribution in [2.45, 2.75) is 128 Å². The molecule has 2 atom stereocenters. The van der Waals surface area contributed by atoms with Crippen LogP contribution in [0.4, 0.5) is 26.3 Å². The molecule has 2 aliphatic carbocycles. The van der Waals surface area contributed by atoms with Crippen molar-refractivity contribution in [3.05, 3.63) is 45.5 Å². The zero-order valence-electron chi connectivity index (χ0n) is 28.7. The third-order valence-corrected chi connectivity index (χ3v) is 16.0. The lowest BCUT2D eigenvalue weighted by atomic mass is 9.74. The Hall–Kier alpha value is -2.36. The monoisotopic (exact) mass is 772 g/mol. The average Bonchev–Trinajstić information content (AvgIpc) is 3.75. The number of ether oxygens (including phenoxy) is 1. The molecule has 0 radical (unpaired) electrons. The summed E-state index contributed by atoms with van der Waals surface area (Å²) in [5.74, 6) is -1.78. The van der Waals surface area contributed by atoms with Crippen LogP contribution in [0.15, 0.2) is 18.6 Å². The Morgan fingerprint density at radius 1 is 0.980 bits per heavy atom. The molecule has 0 spiro atoms. The van der Waals surface area contributed by atoms with Crippen molar-refractivity contribution in [1.82, 2.24) is 20.1 Å². The molecule has 2 aromatic heterocycles. The number of halogens is 8. The zero-order chi connectivity index (χ0) is 37.3. The fourth-order valence-electron chi connectivity index (χ4n) is 7.17. The maximum absolute atomic E-state index is 14.8. The third kappa shape index (κ3) is 8.15. The maximum Gasteiger partial charge on any atom is 0.433 e. The molecule has 17 heteroatoms. The van der Waals surface area contributed by atoms with Gasteiger partial charge in [-0.3, -0.25) is 19.3 Å². The minimum atomic E-state index is -5.07. The lowest BCUT2D eigenvalue weighted by Gasteiger charge is -2.38. The average molecular weight is 774 g/mol. The topological polar surface area (TPSA) is 95.3 Å². The molecule has 280 valence electrons. The van der Waals surface area contributed by atoms with E-state index in [0.717, 1.165) is 10.9 Å². The number of hydrogen-bond donors (Lipinski definition) is 1. The number of nitrogens with zero attached hydrogens (tertiary/aromatic N) is 3.